The van der Waals surface area contributed by atoms with E-state index in [4.69, 9.17) is 23.2 Å². The lowest BCUT2D eigenvalue weighted by Crippen LogP contribution is -2.41. The first-order valence-electron chi connectivity index (χ1n) is 9.80. The van der Waals surface area contributed by atoms with Crippen molar-refractivity contribution < 1.29 is 0 Å². The van der Waals surface area contributed by atoms with Crippen LogP contribution in [0.2, 0.25) is 10.0 Å². The third-order valence-electron chi connectivity index (χ3n) is 4.99. The van der Waals surface area contributed by atoms with Crippen molar-refractivity contribution in [3.63, 3.8) is 0 Å². The van der Waals surface area contributed by atoms with Crippen LogP contribution in [0.1, 0.15) is 52.2 Å². The van der Waals surface area contributed by atoms with Gasteiger partial charge in [-0.1, -0.05) is 68.2 Å². The zero-order valence-electron chi connectivity index (χ0n) is 17.4. The van der Waals surface area contributed by atoms with Gasteiger partial charge in [-0.25, -0.2) is 0 Å². The summed E-state index contributed by atoms with van der Waals surface area (Å²) in [4.78, 5) is 0. The zero-order valence-corrected chi connectivity index (χ0v) is 19.0. The van der Waals surface area contributed by atoms with E-state index >= 15 is 0 Å². The van der Waals surface area contributed by atoms with Gasteiger partial charge in [-0.15, -0.1) is 0 Å². The second kappa shape index (κ2) is 8.10. The number of para-hydroxylation sites is 1. The lowest BCUT2D eigenvalue weighted by Gasteiger charge is -2.33. The molecule has 3 rings (SSSR count). The monoisotopic (exact) mass is 416 g/mol. The molecule has 0 spiro atoms. The third kappa shape index (κ3) is 5.11. The molecule has 0 fully saturated rings. The highest BCUT2D eigenvalue weighted by molar-refractivity contribution is 6.36. The van der Waals surface area contributed by atoms with Gasteiger partial charge in [-0.3, -0.25) is 0 Å². The van der Waals surface area contributed by atoms with E-state index in [2.05, 4.69) is 75.0 Å². The highest BCUT2D eigenvalue weighted by Crippen LogP contribution is 2.30. The summed E-state index contributed by atoms with van der Waals surface area (Å²) in [7, 11) is 0. The molecule has 4 heteroatoms. The SMILES string of the molecule is CC(C)(C)CC(C)(C)NCc1cn(Cc2c(Cl)cccc2Cl)c2ccccc12. The molecular formula is C24H30Cl2N2. The molecule has 0 bridgehead atoms. The number of halogens is 2. The Bertz CT molecular complexity index is 944. The van der Waals surface area contributed by atoms with Gasteiger partial charge in [0.05, 0.1) is 6.54 Å². The summed E-state index contributed by atoms with van der Waals surface area (Å²) >= 11 is 12.8. The highest BCUT2D eigenvalue weighted by atomic mass is 35.5. The van der Waals surface area contributed by atoms with Crippen molar-refractivity contribution in [3.05, 3.63) is 69.8 Å². The van der Waals surface area contributed by atoms with Crippen molar-refractivity contribution in [2.75, 3.05) is 0 Å². The third-order valence-corrected chi connectivity index (χ3v) is 5.70. The van der Waals surface area contributed by atoms with Gasteiger partial charge in [0.15, 0.2) is 0 Å². The highest BCUT2D eigenvalue weighted by Gasteiger charge is 2.25. The minimum absolute atomic E-state index is 0.0630. The van der Waals surface area contributed by atoms with E-state index in [9.17, 15) is 0 Å². The summed E-state index contributed by atoms with van der Waals surface area (Å²) in [6.07, 6.45) is 3.33. The second-order valence-electron chi connectivity index (χ2n) is 9.47. The van der Waals surface area contributed by atoms with Gasteiger partial charge in [0, 0.05) is 44.8 Å². The molecule has 0 aliphatic heterocycles. The molecule has 1 N–H and O–H groups in total. The number of nitrogens with one attached hydrogen (secondary N) is 1. The summed E-state index contributed by atoms with van der Waals surface area (Å²) in [5, 5.41) is 6.44. The lowest BCUT2D eigenvalue weighted by atomic mass is 9.82. The Kier molecular flexibility index (Phi) is 6.14. The molecule has 0 atom stereocenters. The van der Waals surface area contributed by atoms with Crippen LogP contribution in [0.25, 0.3) is 10.9 Å². The Morgan fingerprint density at radius 1 is 0.893 bits per heavy atom. The van der Waals surface area contributed by atoms with Crippen molar-refractivity contribution in [2.45, 2.75) is 59.7 Å². The molecule has 0 saturated heterocycles. The summed E-state index contributed by atoms with van der Waals surface area (Å²) in [6.45, 7) is 12.9. The van der Waals surface area contributed by atoms with Gasteiger partial charge in [-0.2, -0.15) is 0 Å². The zero-order chi connectivity index (χ0) is 20.5. The smallest absolute Gasteiger partial charge is 0.0505 e. The first-order valence-corrected chi connectivity index (χ1v) is 10.6. The molecule has 28 heavy (non-hydrogen) atoms. The average Bonchev–Trinajstić information content (AvgIpc) is 2.93. The van der Waals surface area contributed by atoms with Gasteiger partial charge in [-0.05, 0) is 49.4 Å². The predicted octanol–water partition coefficient (Wildman–Crippen LogP) is 7.30. The topological polar surface area (TPSA) is 17.0 Å². The van der Waals surface area contributed by atoms with Gasteiger partial charge < -0.3 is 9.88 Å². The Balaban J connectivity index is 1.89. The first-order chi connectivity index (χ1) is 13.1. The molecule has 1 aromatic heterocycles. The number of aromatic nitrogens is 1. The fourth-order valence-corrected chi connectivity index (χ4v) is 4.69. The van der Waals surface area contributed by atoms with Crippen molar-refractivity contribution >= 4 is 34.1 Å². The van der Waals surface area contributed by atoms with Crippen LogP contribution in [0.5, 0.6) is 0 Å². The molecule has 2 aromatic carbocycles. The average molecular weight is 417 g/mol. The predicted molar refractivity (Wildman–Crippen MR) is 122 cm³/mol. The van der Waals surface area contributed by atoms with E-state index in [1.807, 2.05) is 18.2 Å². The molecule has 3 aromatic rings. The summed E-state index contributed by atoms with van der Waals surface area (Å²) in [5.74, 6) is 0. The van der Waals surface area contributed by atoms with E-state index in [0.29, 0.717) is 16.6 Å². The normalized spacial score (nSPS) is 12.7. The van der Waals surface area contributed by atoms with Crippen molar-refractivity contribution in [2.24, 2.45) is 5.41 Å². The van der Waals surface area contributed by atoms with Crippen LogP contribution < -0.4 is 5.32 Å². The molecule has 0 radical (unpaired) electrons. The quantitative estimate of drug-likeness (QED) is 0.445. The molecule has 1 heterocycles. The Morgan fingerprint density at radius 3 is 2.18 bits per heavy atom. The number of nitrogens with zero attached hydrogens (tertiary/aromatic N) is 1. The van der Waals surface area contributed by atoms with E-state index in [-0.39, 0.29) is 11.0 Å². The molecule has 0 aliphatic carbocycles. The lowest BCUT2D eigenvalue weighted by molar-refractivity contribution is 0.241. The summed E-state index contributed by atoms with van der Waals surface area (Å²) in [5.41, 5.74) is 3.79. The van der Waals surface area contributed by atoms with Crippen LogP contribution in [0.15, 0.2) is 48.7 Å². The minimum atomic E-state index is 0.0630. The fraction of sp³-hybridized carbons (Fsp3) is 0.417. The Labute approximate surface area is 178 Å². The molecular weight excluding hydrogens is 387 g/mol. The number of hydrogen-bond acceptors (Lipinski definition) is 1. The van der Waals surface area contributed by atoms with E-state index < -0.39 is 0 Å². The Morgan fingerprint density at radius 2 is 1.54 bits per heavy atom. The van der Waals surface area contributed by atoms with Crippen LogP contribution in [0.4, 0.5) is 0 Å². The largest absolute Gasteiger partial charge is 0.343 e. The maximum absolute atomic E-state index is 6.41. The van der Waals surface area contributed by atoms with Crippen LogP contribution in [-0.2, 0) is 13.1 Å². The minimum Gasteiger partial charge on any atom is -0.343 e. The van der Waals surface area contributed by atoms with Gasteiger partial charge >= 0.3 is 0 Å². The summed E-state index contributed by atoms with van der Waals surface area (Å²) < 4.78 is 2.25. The molecule has 0 saturated carbocycles. The van der Waals surface area contributed by atoms with Crippen LogP contribution in [-0.4, -0.2) is 10.1 Å². The van der Waals surface area contributed by atoms with Gasteiger partial charge in [0.25, 0.3) is 0 Å². The van der Waals surface area contributed by atoms with E-state index in [0.717, 1.165) is 18.5 Å². The fourth-order valence-electron chi connectivity index (χ4n) is 4.17. The molecule has 0 aliphatic rings. The van der Waals surface area contributed by atoms with E-state index in [1.165, 1.54) is 16.5 Å². The van der Waals surface area contributed by atoms with Crippen molar-refractivity contribution in [3.8, 4) is 0 Å². The van der Waals surface area contributed by atoms with Crippen molar-refractivity contribution in [1.82, 2.24) is 9.88 Å². The Hall–Kier alpha value is -1.48. The van der Waals surface area contributed by atoms with Crippen LogP contribution in [0.3, 0.4) is 0 Å². The maximum atomic E-state index is 6.41. The number of hydrogen-bond donors (Lipinski definition) is 1. The second-order valence-corrected chi connectivity index (χ2v) is 10.3. The molecule has 0 amide bonds. The maximum Gasteiger partial charge on any atom is 0.0505 e. The standard InChI is InChI=1S/C24H30Cl2N2/c1-23(2,3)16-24(4,5)27-13-17-14-28(22-12-7-6-9-18(17)22)15-19-20(25)10-8-11-21(19)26/h6-12,14,27H,13,15-16H2,1-5H3. The number of fused-ring (bicyclic) bond motifs is 1. The van der Waals surface area contributed by atoms with Gasteiger partial charge in [0.1, 0.15) is 0 Å². The first kappa shape index (κ1) is 21.2. The molecule has 2 nitrogen and oxygen atoms in total. The van der Waals surface area contributed by atoms with E-state index in [1.54, 1.807) is 0 Å². The van der Waals surface area contributed by atoms with Crippen molar-refractivity contribution in [1.29, 1.82) is 0 Å². The molecule has 150 valence electrons. The summed E-state index contributed by atoms with van der Waals surface area (Å²) in [6, 6.07) is 14.2. The molecule has 0 unspecified atom stereocenters. The number of benzene rings is 2. The number of rotatable bonds is 6. The van der Waals surface area contributed by atoms with Crippen LogP contribution >= 0.6 is 23.2 Å². The van der Waals surface area contributed by atoms with Gasteiger partial charge in [0.2, 0.25) is 0 Å². The van der Waals surface area contributed by atoms with Crippen LogP contribution in [0, 0.1) is 5.41 Å².